The summed E-state index contributed by atoms with van der Waals surface area (Å²) in [5, 5.41) is 9.59. The van der Waals surface area contributed by atoms with Gasteiger partial charge in [-0.15, -0.1) is 0 Å². The molecule has 0 fully saturated rings. The Labute approximate surface area is 158 Å². The molecule has 0 radical (unpaired) electrons. The van der Waals surface area contributed by atoms with Gasteiger partial charge in [0.05, 0.1) is 11.5 Å². The number of hydrogen-bond acceptors (Lipinski definition) is 6. The summed E-state index contributed by atoms with van der Waals surface area (Å²) in [6.45, 7) is 0. The van der Waals surface area contributed by atoms with Crippen molar-refractivity contribution in [2.24, 2.45) is 5.73 Å². The first kappa shape index (κ1) is 17.2. The van der Waals surface area contributed by atoms with Gasteiger partial charge in [-0.05, 0) is 29.8 Å². The van der Waals surface area contributed by atoms with Crippen LogP contribution in [0, 0.1) is 11.3 Å². The van der Waals surface area contributed by atoms with E-state index in [9.17, 15) is 14.9 Å². The van der Waals surface area contributed by atoms with E-state index in [1.165, 1.54) is 0 Å². The number of H-pyrrole nitrogens is 2. The van der Waals surface area contributed by atoms with Crippen LogP contribution in [0.4, 0.5) is 0 Å². The third kappa shape index (κ3) is 3.01. The van der Waals surface area contributed by atoms with Gasteiger partial charge in [-0.2, -0.15) is 5.26 Å². The van der Waals surface area contributed by atoms with Crippen molar-refractivity contribution in [1.82, 2.24) is 9.97 Å². The van der Waals surface area contributed by atoms with Crippen LogP contribution in [0.2, 0.25) is 0 Å². The van der Waals surface area contributed by atoms with Gasteiger partial charge < -0.3 is 15.2 Å². The van der Waals surface area contributed by atoms with Crippen LogP contribution < -0.4 is 26.5 Å². The number of aromatic nitrogens is 2. The van der Waals surface area contributed by atoms with Crippen molar-refractivity contribution in [2.75, 3.05) is 0 Å². The molecule has 0 saturated carbocycles. The fourth-order valence-corrected chi connectivity index (χ4v) is 3.10. The molecule has 3 aromatic rings. The number of nitriles is 1. The highest BCUT2D eigenvalue weighted by Crippen LogP contribution is 2.39. The average molecular weight is 374 g/mol. The Kier molecular flexibility index (Phi) is 4.18. The van der Waals surface area contributed by atoms with Crippen molar-refractivity contribution in [3.05, 3.63) is 98.0 Å². The van der Waals surface area contributed by atoms with Gasteiger partial charge in [0.1, 0.15) is 23.1 Å². The number of benzene rings is 2. The lowest BCUT2D eigenvalue weighted by molar-refractivity contribution is 0.373. The van der Waals surface area contributed by atoms with Crippen molar-refractivity contribution < 1.29 is 9.47 Å². The SMILES string of the molecule is N#CC1=C(N)Oc2[nH]c(=O)[nH]c(=O)c2[C@@H]1c1cccc(Oc2ccccc2)c1. The monoisotopic (exact) mass is 374 g/mol. The Hall–Kier alpha value is -4.25. The second kappa shape index (κ2) is 6.81. The van der Waals surface area contributed by atoms with Gasteiger partial charge in [0.2, 0.25) is 11.8 Å². The Morgan fingerprint density at radius 3 is 2.54 bits per heavy atom. The van der Waals surface area contributed by atoms with E-state index >= 15 is 0 Å². The molecule has 1 atom stereocenters. The van der Waals surface area contributed by atoms with Crippen LogP contribution in [-0.4, -0.2) is 9.97 Å². The molecule has 8 nitrogen and oxygen atoms in total. The van der Waals surface area contributed by atoms with E-state index in [0.29, 0.717) is 17.1 Å². The average Bonchev–Trinajstić information content (AvgIpc) is 2.67. The van der Waals surface area contributed by atoms with Crippen molar-refractivity contribution in [1.29, 1.82) is 5.26 Å². The summed E-state index contributed by atoms with van der Waals surface area (Å²) >= 11 is 0. The molecule has 4 N–H and O–H groups in total. The zero-order valence-electron chi connectivity index (χ0n) is 14.4. The first-order valence-corrected chi connectivity index (χ1v) is 8.34. The molecule has 0 spiro atoms. The number of nitrogens with two attached hydrogens (primary N) is 1. The number of ether oxygens (including phenoxy) is 2. The van der Waals surface area contributed by atoms with Crippen molar-refractivity contribution in [3.63, 3.8) is 0 Å². The molecular weight excluding hydrogens is 360 g/mol. The molecule has 2 heterocycles. The molecule has 0 aliphatic carbocycles. The molecule has 1 aromatic heterocycles. The van der Waals surface area contributed by atoms with Gasteiger partial charge in [-0.3, -0.25) is 14.8 Å². The van der Waals surface area contributed by atoms with E-state index in [2.05, 4.69) is 9.97 Å². The van der Waals surface area contributed by atoms with Crippen molar-refractivity contribution in [2.45, 2.75) is 5.92 Å². The lowest BCUT2D eigenvalue weighted by atomic mass is 9.85. The Bertz CT molecular complexity index is 1240. The molecule has 0 amide bonds. The van der Waals surface area contributed by atoms with E-state index in [1.807, 2.05) is 36.4 Å². The van der Waals surface area contributed by atoms with Gasteiger partial charge in [-0.1, -0.05) is 30.3 Å². The highest BCUT2D eigenvalue weighted by atomic mass is 16.5. The topological polar surface area (TPSA) is 134 Å². The van der Waals surface area contributed by atoms with E-state index in [1.54, 1.807) is 24.3 Å². The van der Waals surface area contributed by atoms with E-state index in [4.69, 9.17) is 15.2 Å². The summed E-state index contributed by atoms with van der Waals surface area (Å²) in [6, 6.07) is 18.1. The number of para-hydroxylation sites is 1. The molecule has 0 unspecified atom stereocenters. The molecule has 28 heavy (non-hydrogen) atoms. The molecule has 1 aliphatic rings. The summed E-state index contributed by atoms with van der Waals surface area (Å²) in [4.78, 5) is 28.6. The predicted molar refractivity (Wildman–Crippen MR) is 99.9 cm³/mol. The number of rotatable bonds is 3. The minimum Gasteiger partial charge on any atom is -0.457 e. The zero-order chi connectivity index (χ0) is 19.7. The number of nitrogens with zero attached hydrogens (tertiary/aromatic N) is 1. The third-order valence-electron chi connectivity index (χ3n) is 4.29. The van der Waals surface area contributed by atoms with Gasteiger partial charge in [0.25, 0.3) is 5.56 Å². The molecule has 0 saturated heterocycles. The van der Waals surface area contributed by atoms with E-state index in [-0.39, 0.29) is 22.9 Å². The van der Waals surface area contributed by atoms with Gasteiger partial charge in [0, 0.05) is 0 Å². The van der Waals surface area contributed by atoms with Crippen LogP contribution in [-0.2, 0) is 0 Å². The second-order valence-corrected chi connectivity index (χ2v) is 6.06. The molecular formula is C20H14N4O4. The summed E-state index contributed by atoms with van der Waals surface area (Å²) in [5.41, 5.74) is 5.25. The third-order valence-corrected chi connectivity index (χ3v) is 4.29. The maximum absolute atomic E-state index is 12.5. The zero-order valence-corrected chi connectivity index (χ0v) is 14.4. The van der Waals surface area contributed by atoms with E-state index in [0.717, 1.165) is 0 Å². The largest absolute Gasteiger partial charge is 0.457 e. The maximum Gasteiger partial charge on any atom is 0.328 e. The van der Waals surface area contributed by atoms with Crippen molar-refractivity contribution in [3.8, 4) is 23.4 Å². The van der Waals surface area contributed by atoms with Gasteiger partial charge in [-0.25, -0.2) is 4.79 Å². The molecule has 0 bridgehead atoms. The standard InChI is InChI=1S/C20H14N4O4/c21-10-14-15(16-18(25)23-20(26)24-19(16)28-17(14)22)11-5-4-8-13(9-11)27-12-6-2-1-3-7-12/h1-9,15H,22H2,(H2,23,24,25,26)/t15-/m1/s1. The highest BCUT2D eigenvalue weighted by molar-refractivity contribution is 5.53. The van der Waals surface area contributed by atoms with E-state index < -0.39 is 17.2 Å². The molecule has 138 valence electrons. The first-order valence-electron chi connectivity index (χ1n) is 8.34. The number of aromatic amines is 2. The molecule has 8 heteroatoms. The number of hydrogen-bond donors (Lipinski definition) is 3. The summed E-state index contributed by atoms with van der Waals surface area (Å²) in [5.74, 6) is 0.104. The Morgan fingerprint density at radius 1 is 1.04 bits per heavy atom. The lowest BCUT2D eigenvalue weighted by Gasteiger charge is -2.25. The Morgan fingerprint density at radius 2 is 1.79 bits per heavy atom. The lowest BCUT2D eigenvalue weighted by Crippen LogP contribution is -2.33. The van der Waals surface area contributed by atoms with Crippen LogP contribution in [0.5, 0.6) is 17.4 Å². The number of allylic oxidation sites excluding steroid dienone is 1. The minimum atomic E-state index is -0.811. The molecule has 4 rings (SSSR count). The quantitative estimate of drug-likeness (QED) is 0.642. The second-order valence-electron chi connectivity index (χ2n) is 6.06. The first-order chi connectivity index (χ1) is 13.6. The van der Waals surface area contributed by atoms with Crippen LogP contribution in [0.1, 0.15) is 17.0 Å². The van der Waals surface area contributed by atoms with Gasteiger partial charge >= 0.3 is 5.69 Å². The summed E-state index contributed by atoms with van der Waals surface area (Å²) in [6.07, 6.45) is 0. The minimum absolute atomic E-state index is 0.0712. The number of nitrogens with one attached hydrogen (secondary N) is 2. The van der Waals surface area contributed by atoms with Crippen molar-refractivity contribution >= 4 is 0 Å². The van der Waals surface area contributed by atoms with Gasteiger partial charge in [0.15, 0.2) is 0 Å². The predicted octanol–water partition coefficient (Wildman–Crippen LogP) is 2.07. The Balaban J connectivity index is 1.84. The maximum atomic E-state index is 12.5. The normalized spacial score (nSPS) is 15.3. The fourth-order valence-electron chi connectivity index (χ4n) is 3.10. The van der Waals surface area contributed by atoms with Crippen LogP contribution >= 0.6 is 0 Å². The highest BCUT2D eigenvalue weighted by Gasteiger charge is 2.34. The van der Waals surface area contributed by atoms with Crippen LogP contribution in [0.25, 0.3) is 0 Å². The molecule has 1 aliphatic heterocycles. The molecule has 2 aromatic carbocycles. The fraction of sp³-hybridized carbons (Fsp3) is 0.0500. The number of fused-ring (bicyclic) bond motifs is 1. The smallest absolute Gasteiger partial charge is 0.328 e. The summed E-state index contributed by atoms with van der Waals surface area (Å²) < 4.78 is 11.1. The summed E-state index contributed by atoms with van der Waals surface area (Å²) in [7, 11) is 0. The van der Waals surface area contributed by atoms with Crippen LogP contribution in [0.15, 0.2) is 75.6 Å². The van der Waals surface area contributed by atoms with Crippen LogP contribution in [0.3, 0.4) is 0 Å².